The molecule has 2 aliphatic rings. The maximum atomic E-state index is 14.8. The largest absolute Gasteiger partial charge is 0.471 e. The van der Waals surface area contributed by atoms with Crippen LogP contribution in [0.1, 0.15) is 51.8 Å². The van der Waals surface area contributed by atoms with Gasteiger partial charge in [0.05, 0.1) is 5.56 Å². The summed E-state index contributed by atoms with van der Waals surface area (Å²) >= 11 is 0. The lowest BCUT2D eigenvalue weighted by molar-refractivity contribution is -0.159. The minimum absolute atomic E-state index is 0.147. The van der Waals surface area contributed by atoms with Crippen LogP contribution in [0, 0.1) is 5.82 Å². The molecule has 3 heterocycles. The molecule has 0 spiro atoms. The number of hydrogen-bond acceptors (Lipinski definition) is 5. The predicted octanol–water partition coefficient (Wildman–Crippen LogP) is 4.18. The zero-order valence-corrected chi connectivity index (χ0v) is 17.6. The molecule has 1 atom stereocenters. The van der Waals surface area contributed by atoms with E-state index in [0.717, 1.165) is 25.3 Å². The lowest BCUT2D eigenvalue weighted by Crippen LogP contribution is -2.56. The number of carbonyl (C=O) groups is 2. The molecule has 0 bridgehead atoms. The zero-order chi connectivity index (χ0) is 23.3. The van der Waals surface area contributed by atoms with Crippen LogP contribution in [0.3, 0.4) is 0 Å². The Balaban J connectivity index is 1.62. The molecule has 7 nitrogen and oxygen atoms in total. The van der Waals surface area contributed by atoms with E-state index < -0.39 is 29.8 Å². The van der Waals surface area contributed by atoms with Gasteiger partial charge in [0.25, 0.3) is 0 Å². The van der Waals surface area contributed by atoms with E-state index in [9.17, 15) is 27.2 Å². The first-order valence-electron chi connectivity index (χ1n) is 10.3. The number of anilines is 1. The van der Waals surface area contributed by atoms with Crippen molar-refractivity contribution >= 4 is 17.5 Å². The van der Waals surface area contributed by atoms with Crippen molar-refractivity contribution in [1.82, 2.24) is 15.0 Å². The number of benzene rings is 1. The van der Waals surface area contributed by atoms with E-state index in [2.05, 4.69) is 14.7 Å². The maximum Gasteiger partial charge on any atom is 0.471 e. The Bertz CT molecular complexity index is 1050. The number of carbonyl (C=O) groups excluding carboxylic acids is 2. The molecule has 4 rings (SSSR count). The van der Waals surface area contributed by atoms with Crippen molar-refractivity contribution in [1.29, 1.82) is 0 Å². The number of alkyl halides is 3. The van der Waals surface area contributed by atoms with E-state index in [0.29, 0.717) is 13.0 Å². The van der Waals surface area contributed by atoms with Crippen LogP contribution in [0.25, 0.3) is 11.4 Å². The van der Waals surface area contributed by atoms with Crippen molar-refractivity contribution in [2.75, 3.05) is 11.4 Å². The average molecular weight is 454 g/mol. The number of amides is 2. The van der Waals surface area contributed by atoms with Crippen LogP contribution in [-0.4, -0.2) is 45.0 Å². The monoisotopic (exact) mass is 454 g/mol. The SMILES string of the molecule is CC1(C)CCCCN1C(=O)[C@@H]1CCC(=O)N1c1ccc(-c2noc(C(F)(F)F)n2)c(F)c1. The van der Waals surface area contributed by atoms with Crippen molar-refractivity contribution in [3.8, 4) is 11.4 Å². The summed E-state index contributed by atoms with van der Waals surface area (Å²) in [6.45, 7) is 4.57. The number of likely N-dealkylation sites (tertiary alicyclic amines) is 1. The Morgan fingerprint density at radius 2 is 2.00 bits per heavy atom. The molecule has 2 saturated heterocycles. The van der Waals surface area contributed by atoms with E-state index in [-0.39, 0.29) is 35.0 Å². The van der Waals surface area contributed by atoms with Crippen molar-refractivity contribution in [2.24, 2.45) is 0 Å². The molecule has 0 aliphatic carbocycles. The molecule has 0 saturated carbocycles. The summed E-state index contributed by atoms with van der Waals surface area (Å²) in [7, 11) is 0. The average Bonchev–Trinajstić information content (AvgIpc) is 3.34. The van der Waals surface area contributed by atoms with Gasteiger partial charge in [-0.05, 0) is 57.7 Å². The van der Waals surface area contributed by atoms with Gasteiger partial charge < -0.3 is 9.42 Å². The topological polar surface area (TPSA) is 79.5 Å². The van der Waals surface area contributed by atoms with Gasteiger partial charge >= 0.3 is 12.1 Å². The van der Waals surface area contributed by atoms with Crippen LogP contribution in [0.2, 0.25) is 0 Å². The number of rotatable bonds is 3. The quantitative estimate of drug-likeness (QED) is 0.650. The summed E-state index contributed by atoms with van der Waals surface area (Å²) in [6.07, 6.45) is -1.64. The smallest absolute Gasteiger partial charge is 0.336 e. The second kappa shape index (κ2) is 7.86. The lowest BCUT2D eigenvalue weighted by atomic mass is 9.89. The van der Waals surface area contributed by atoms with Gasteiger partial charge in [-0.2, -0.15) is 18.2 Å². The highest BCUT2D eigenvalue weighted by molar-refractivity contribution is 6.04. The second-order valence-corrected chi connectivity index (χ2v) is 8.66. The van der Waals surface area contributed by atoms with Gasteiger partial charge in [-0.25, -0.2) is 4.39 Å². The first-order valence-corrected chi connectivity index (χ1v) is 10.3. The first-order chi connectivity index (χ1) is 15.0. The summed E-state index contributed by atoms with van der Waals surface area (Å²) in [5, 5.41) is 3.19. The van der Waals surface area contributed by atoms with Gasteiger partial charge in [0, 0.05) is 24.2 Å². The molecular formula is C21H22F4N4O3. The summed E-state index contributed by atoms with van der Waals surface area (Å²) in [4.78, 5) is 32.1. The van der Waals surface area contributed by atoms with E-state index in [1.54, 1.807) is 4.90 Å². The van der Waals surface area contributed by atoms with Gasteiger partial charge in [-0.15, -0.1) is 0 Å². The molecule has 2 aliphatic heterocycles. The van der Waals surface area contributed by atoms with Crippen LogP contribution in [0.15, 0.2) is 22.7 Å². The van der Waals surface area contributed by atoms with Crippen LogP contribution in [0.5, 0.6) is 0 Å². The Labute approximate surface area is 181 Å². The summed E-state index contributed by atoms with van der Waals surface area (Å²) in [5.74, 6) is -3.57. The van der Waals surface area contributed by atoms with Crippen LogP contribution in [-0.2, 0) is 15.8 Å². The Morgan fingerprint density at radius 1 is 1.25 bits per heavy atom. The van der Waals surface area contributed by atoms with Crippen LogP contribution in [0.4, 0.5) is 23.2 Å². The number of aromatic nitrogens is 2. The zero-order valence-electron chi connectivity index (χ0n) is 17.6. The van der Waals surface area contributed by atoms with Gasteiger partial charge in [-0.1, -0.05) is 5.16 Å². The first kappa shape index (κ1) is 22.2. The molecule has 1 aromatic heterocycles. The van der Waals surface area contributed by atoms with Gasteiger partial charge in [0.1, 0.15) is 11.9 Å². The Kier molecular flexibility index (Phi) is 5.46. The number of hydrogen-bond donors (Lipinski definition) is 0. The van der Waals surface area contributed by atoms with E-state index >= 15 is 0 Å². The van der Waals surface area contributed by atoms with Crippen molar-refractivity contribution < 1.29 is 31.7 Å². The summed E-state index contributed by atoms with van der Waals surface area (Å²) in [6, 6.07) is 2.79. The number of piperidine rings is 1. The molecule has 32 heavy (non-hydrogen) atoms. The minimum Gasteiger partial charge on any atom is -0.336 e. The third-order valence-electron chi connectivity index (χ3n) is 6.05. The molecule has 172 valence electrons. The minimum atomic E-state index is -4.85. The van der Waals surface area contributed by atoms with Crippen molar-refractivity contribution in [2.45, 2.75) is 63.7 Å². The highest BCUT2D eigenvalue weighted by Crippen LogP contribution is 2.35. The molecular weight excluding hydrogens is 432 g/mol. The molecule has 0 N–H and O–H groups in total. The van der Waals surface area contributed by atoms with E-state index in [1.165, 1.54) is 17.0 Å². The van der Waals surface area contributed by atoms with Gasteiger partial charge in [-0.3, -0.25) is 14.5 Å². The van der Waals surface area contributed by atoms with Gasteiger partial charge in [0.15, 0.2) is 0 Å². The third-order valence-corrected chi connectivity index (χ3v) is 6.05. The maximum absolute atomic E-state index is 14.8. The Hall–Kier alpha value is -2.98. The highest BCUT2D eigenvalue weighted by atomic mass is 19.4. The molecule has 0 unspecified atom stereocenters. The fraction of sp³-hybridized carbons (Fsp3) is 0.524. The molecule has 11 heteroatoms. The van der Waals surface area contributed by atoms with Crippen molar-refractivity contribution in [3.63, 3.8) is 0 Å². The molecule has 2 aromatic rings. The van der Waals surface area contributed by atoms with E-state index in [1.807, 2.05) is 13.8 Å². The van der Waals surface area contributed by atoms with Crippen LogP contribution < -0.4 is 4.90 Å². The fourth-order valence-electron chi connectivity index (χ4n) is 4.38. The fourth-order valence-corrected chi connectivity index (χ4v) is 4.38. The Morgan fingerprint density at radius 3 is 2.62 bits per heavy atom. The number of halogens is 4. The normalized spacial score (nSPS) is 21.3. The van der Waals surface area contributed by atoms with Crippen molar-refractivity contribution in [3.05, 3.63) is 29.9 Å². The van der Waals surface area contributed by atoms with E-state index in [4.69, 9.17) is 0 Å². The standard InChI is InChI=1S/C21H22F4N4O3/c1-20(2)9-3-4-10-28(20)18(31)15-7-8-16(30)29(15)12-5-6-13(14(22)11-12)17-26-19(32-27-17)21(23,24)25/h5-6,11,15H,3-4,7-10H2,1-2H3/t15-/m0/s1. The van der Waals surface area contributed by atoms with Gasteiger partial charge in [0.2, 0.25) is 17.6 Å². The predicted molar refractivity (Wildman–Crippen MR) is 105 cm³/mol. The third kappa shape index (κ3) is 3.95. The second-order valence-electron chi connectivity index (χ2n) is 8.66. The number of nitrogens with zero attached hydrogens (tertiary/aromatic N) is 4. The highest BCUT2D eigenvalue weighted by Gasteiger charge is 2.44. The lowest BCUT2D eigenvalue weighted by Gasteiger charge is -2.44. The molecule has 2 fully saturated rings. The summed E-state index contributed by atoms with van der Waals surface area (Å²) in [5.41, 5.74) is -0.488. The molecule has 1 aromatic carbocycles. The summed E-state index contributed by atoms with van der Waals surface area (Å²) < 4.78 is 57.0. The van der Waals surface area contributed by atoms with Crippen LogP contribution >= 0.6 is 0 Å². The molecule has 0 radical (unpaired) electrons. The molecule has 2 amide bonds.